The van der Waals surface area contributed by atoms with E-state index in [0.29, 0.717) is 4.67 Å². The van der Waals surface area contributed by atoms with E-state index in [4.69, 9.17) is 15.3 Å². The zero-order chi connectivity index (χ0) is 9.30. The van der Waals surface area contributed by atoms with Gasteiger partial charge in [0.05, 0.1) is 12.6 Å². The van der Waals surface area contributed by atoms with Crippen molar-refractivity contribution in [2.75, 3.05) is 6.61 Å². The second-order valence-corrected chi connectivity index (χ2v) is 3.48. The predicted molar refractivity (Wildman–Crippen MR) is 49.9 cm³/mol. The number of hydrogen-bond acceptors (Lipinski definition) is 3. The van der Waals surface area contributed by atoms with E-state index < -0.39 is 0 Å². The van der Waals surface area contributed by atoms with E-state index in [1.165, 1.54) is 0 Å². The number of aliphatic hydroxyl groups excluding tert-OH is 1. The quantitative estimate of drug-likeness (QED) is 0.817. The minimum Gasteiger partial charge on any atom is -0.454 e. The molecule has 0 saturated carbocycles. The molecule has 0 fully saturated rings. The molecule has 0 bridgehead atoms. The molecule has 1 rings (SSSR count). The molecule has 1 unspecified atom stereocenters. The average Bonchev–Trinajstić information content (AvgIpc) is 2.26. The maximum absolute atomic E-state index is 8.86. The molecule has 1 atom stereocenters. The lowest BCUT2D eigenvalue weighted by Crippen LogP contribution is -2.15. The number of rotatable bonds is 2. The summed E-state index contributed by atoms with van der Waals surface area (Å²) >= 11 is 3.26. The molecule has 3 N–H and O–H groups in total. The lowest BCUT2D eigenvalue weighted by atomic mass is 10.1. The molecular weight excluding hydrogens is 222 g/mol. The summed E-state index contributed by atoms with van der Waals surface area (Å²) in [7, 11) is 0. The van der Waals surface area contributed by atoms with E-state index in [-0.39, 0.29) is 12.6 Å². The summed E-state index contributed by atoms with van der Waals surface area (Å²) in [6.45, 7) is 3.68. The summed E-state index contributed by atoms with van der Waals surface area (Å²) in [4.78, 5) is 0. The molecule has 1 aromatic rings. The van der Waals surface area contributed by atoms with Gasteiger partial charge in [0, 0.05) is 11.1 Å². The van der Waals surface area contributed by atoms with Crippen molar-refractivity contribution in [1.82, 2.24) is 0 Å². The molecule has 4 heteroatoms. The van der Waals surface area contributed by atoms with Crippen LogP contribution in [-0.2, 0) is 0 Å². The molecule has 0 saturated heterocycles. The van der Waals surface area contributed by atoms with Crippen LogP contribution in [-0.4, -0.2) is 11.7 Å². The van der Waals surface area contributed by atoms with Gasteiger partial charge in [-0.2, -0.15) is 0 Å². The van der Waals surface area contributed by atoms with Crippen molar-refractivity contribution in [1.29, 1.82) is 0 Å². The van der Waals surface area contributed by atoms with Gasteiger partial charge in [0.1, 0.15) is 5.76 Å². The molecule has 3 nitrogen and oxygen atoms in total. The minimum absolute atomic E-state index is 0.0619. The summed E-state index contributed by atoms with van der Waals surface area (Å²) in [5.41, 5.74) is 7.54. The predicted octanol–water partition coefficient (Wildman–Crippen LogP) is 1.65. The van der Waals surface area contributed by atoms with Crippen LogP contribution in [0.25, 0.3) is 0 Å². The Morgan fingerprint density at radius 2 is 2.17 bits per heavy atom. The molecule has 0 aliphatic rings. The van der Waals surface area contributed by atoms with Gasteiger partial charge in [0.15, 0.2) is 4.67 Å². The molecular formula is C8H12BrNO2. The van der Waals surface area contributed by atoms with Gasteiger partial charge < -0.3 is 15.3 Å². The number of halogens is 1. The van der Waals surface area contributed by atoms with E-state index in [1.807, 2.05) is 13.8 Å². The molecule has 0 spiro atoms. The number of furan rings is 1. The Balaban J connectivity index is 3.13. The van der Waals surface area contributed by atoms with E-state index in [1.54, 1.807) is 0 Å². The Morgan fingerprint density at radius 1 is 1.58 bits per heavy atom. The largest absolute Gasteiger partial charge is 0.454 e. The van der Waals surface area contributed by atoms with Crippen LogP contribution in [0.2, 0.25) is 0 Å². The van der Waals surface area contributed by atoms with Gasteiger partial charge in [-0.1, -0.05) is 0 Å². The van der Waals surface area contributed by atoms with Crippen LogP contribution >= 0.6 is 15.9 Å². The summed E-state index contributed by atoms with van der Waals surface area (Å²) < 4.78 is 5.99. The molecule has 0 aliphatic carbocycles. The van der Waals surface area contributed by atoms with Crippen LogP contribution in [0.4, 0.5) is 0 Å². The normalized spacial score (nSPS) is 13.4. The average molecular weight is 234 g/mol. The Kier molecular flexibility index (Phi) is 2.93. The fraction of sp³-hybridized carbons (Fsp3) is 0.500. The summed E-state index contributed by atoms with van der Waals surface area (Å²) in [5, 5.41) is 8.86. The van der Waals surface area contributed by atoms with Crippen LogP contribution in [0.1, 0.15) is 22.9 Å². The number of aliphatic hydroxyl groups is 1. The van der Waals surface area contributed by atoms with Gasteiger partial charge in [-0.05, 0) is 29.8 Å². The lowest BCUT2D eigenvalue weighted by Gasteiger charge is -2.07. The third-order valence-electron chi connectivity index (χ3n) is 1.89. The van der Waals surface area contributed by atoms with Gasteiger partial charge in [-0.25, -0.2) is 0 Å². The minimum atomic E-state index is -0.347. The zero-order valence-corrected chi connectivity index (χ0v) is 8.68. The van der Waals surface area contributed by atoms with Crippen molar-refractivity contribution in [3.63, 3.8) is 0 Å². The number of hydrogen-bond donors (Lipinski definition) is 2. The Morgan fingerprint density at radius 3 is 2.50 bits per heavy atom. The summed E-state index contributed by atoms with van der Waals surface area (Å²) in [6.07, 6.45) is 0. The van der Waals surface area contributed by atoms with Gasteiger partial charge in [-0.3, -0.25) is 0 Å². The number of aryl methyl sites for hydroxylation is 1. The van der Waals surface area contributed by atoms with Crippen molar-refractivity contribution in [2.45, 2.75) is 19.9 Å². The second-order valence-electron chi connectivity index (χ2n) is 2.76. The van der Waals surface area contributed by atoms with E-state index >= 15 is 0 Å². The fourth-order valence-corrected chi connectivity index (χ4v) is 1.72. The highest BCUT2D eigenvalue weighted by Gasteiger charge is 2.17. The molecule has 0 amide bonds. The first-order valence-electron chi connectivity index (χ1n) is 3.69. The molecule has 1 heterocycles. The van der Waals surface area contributed by atoms with Crippen molar-refractivity contribution in [3.05, 3.63) is 21.6 Å². The third kappa shape index (κ3) is 1.55. The van der Waals surface area contributed by atoms with Crippen LogP contribution in [0.3, 0.4) is 0 Å². The SMILES string of the molecule is Cc1oc(Br)c(C)c1C(N)CO. The van der Waals surface area contributed by atoms with Gasteiger partial charge in [0.25, 0.3) is 0 Å². The highest BCUT2D eigenvalue weighted by Crippen LogP contribution is 2.29. The van der Waals surface area contributed by atoms with Crippen LogP contribution < -0.4 is 5.73 Å². The molecule has 0 aromatic carbocycles. The smallest absolute Gasteiger partial charge is 0.172 e. The number of nitrogens with two attached hydrogens (primary N) is 1. The zero-order valence-electron chi connectivity index (χ0n) is 7.10. The van der Waals surface area contributed by atoms with E-state index in [2.05, 4.69) is 15.9 Å². The first-order chi connectivity index (χ1) is 5.57. The maximum atomic E-state index is 8.86. The van der Waals surface area contributed by atoms with Gasteiger partial charge in [-0.15, -0.1) is 0 Å². The van der Waals surface area contributed by atoms with Crippen molar-refractivity contribution < 1.29 is 9.52 Å². The topological polar surface area (TPSA) is 59.4 Å². The second kappa shape index (κ2) is 3.60. The van der Waals surface area contributed by atoms with Gasteiger partial charge >= 0.3 is 0 Å². The van der Waals surface area contributed by atoms with E-state index in [0.717, 1.165) is 16.9 Å². The summed E-state index contributed by atoms with van der Waals surface area (Å²) in [6, 6.07) is -0.347. The molecule has 1 aromatic heterocycles. The van der Waals surface area contributed by atoms with E-state index in [9.17, 15) is 0 Å². The van der Waals surface area contributed by atoms with Crippen molar-refractivity contribution >= 4 is 15.9 Å². The molecule has 68 valence electrons. The Hall–Kier alpha value is -0.320. The monoisotopic (exact) mass is 233 g/mol. The molecule has 12 heavy (non-hydrogen) atoms. The fourth-order valence-electron chi connectivity index (χ4n) is 1.27. The van der Waals surface area contributed by atoms with Crippen molar-refractivity contribution in [3.8, 4) is 0 Å². The van der Waals surface area contributed by atoms with Crippen molar-refractivity contribution in [2.24, 2.45) is 5.73 Å². The first kappa shape index (κ1) is 9.77. The van der Waals surface area contributed by atoms with Crippen LogP contribution in [0.5, 0.6) is 0 Å². The lowest BCUT2D eigenvalue weighted by molar-refractivity contribution is 0.266. The molecule has 0 radical (unpaired) electrons. The first-order valence-corrected chi connectivity index (χ1v) is 4.49. The highest BCUT2D eigenvalue weighted by atomic mass is 79.9. The Bertz CT molecular complexity index is 283. The maximum Gasteiger partial charge on any atom is 0.172 e. The molecule has 0 aliphatic heterocycles. The van der Waals surface area contributed by atoms with Crippen LogP contribution in [0, 0.1) is 13.8 Å². The summed E-state index contributed by atoms with van der Waals surface area (Å²) in [5.74, 6) is 0.765. The highest BCUT2D eigenvalue weighted by molar-refractivity contribution is 9.10. The standard InChI is InChI=1S/C8H12BrNO2/c1-4-7(6(10)3-11)5(2)12-8(4)9/h6,11H,3,10H2,1-2H3. The third-order valence-corrected chi connectivity index (χ3v) is 2.64. The van der Waals surface area contributed by atoms with Gasteiger partial charge in [0.2, 0.25) is 0 Å². The van der Waals surface area contributed by atoms with Crippen LogP contribution in [0.15, 0.2) is 9.09 Å². The Labute approximate surface area is 79.7 Å².